The maximum atomic E-state index is 13.2. The summed E-state index contributed by atoms with van der Waals surface area (Å²) in [5, 5.41) is 4.80. The molecule has 0 saturated carbocycles. The summed E-state index contributed by atoms with van der Waals surface area (Å²) in [6.07, 6.45) is 5.33. The molecule has 0 bridgehead atoms. The molecule has 0 radical (unpaired) electrons. The highest BCUT2D eigenvalue weighted by Gasteiger charge is 2.34. The van der Waals surface area contributed by atoms with Crippen molar-refractivity contribution in [2.75, 3.05) is 50.8 Å². The van der Waals surface area contributed by atoms with Crippen molar-refractivity contribution in [3.8, 4) is 5.75 Å². The molecule has 3 heterocycles. The number of anilines is 1. The molecule has 7 heteroatoms. The van der Waals surface area contributed by atoms with E-state index in [1.807, 2.05) is 17.9 Å². The third-order valence-electron chi connectivity index (χ3n) is 7.55. The van der Waals surface area contributed by atoms with Gasteiger partial charge in [-0.1, -0.05) is 12.1 Å². The number of aromatic nitrogens is 2. The fourth-order valence-electron chi connectivity index (χ4n) is 5.81. The van der Waals surface area contributed by atoms with Gasteiger partial charge in [-0.15, -0.1) is 0 Å². The molecule has 1 aromatic heterocycles. The molecule has 1 atom stereocenters. The van der Waals surface area contributed by atoms with Crippen LogP contribution in [0.2, 0.25) is 0 Å². The summed E-state index contributed by atoms with van der Waals surface area (Å²) in [4.78, 5) is 20.3. The van der Waals surface area contributed by atoms with Crippen LogP contribution in [0.5, 0.6) is 5.75 Å². The van der Waals surface area contributed by atoms with E-state index in [1.165, 1.54) is 16.9 Å². The van der Waals surface area contributed by atoms with E-state index in [9.17, 15) is 4.79 Å². The molecule has 1 amide bonds. The lowest BCUT2D eigenvalue weighted by molar-refractivity contribution is 0.0784. The first-order chi connectivity index (χ1) is 16.2. The standard InChI is InChI=1S/C26H37N5O2/c1-3-31-22-12-11-20(19-21(22)25(27-31)26(32)30-13-7-8-14-30)28-15-17-29(18-16-28)23-9-5-6-10-24(23)33-4-2/h5-6,9-10,20H,3-4,7-8,11-19H2,1-2H3. The maximum absolute atomic E-state index is 13.2. The molecular weight excluding hydrogens is 414 g/mol. The molecule has 178 valence electrons. The molecule has 5 rings (SSSR count). The van der Waals surface area contributed by atoms with Crippen LogP contribution in [0.1, 0.15) is 54.9 Å². The van der Waals surface area contributed by atoms with Crippen LogP contribution in [0.4, 0.5) is 5.69 Å². The summed E-state index contributed by atoms with van der Waals surface area (Å²) in [5.41, 5.74) is 4.44. The van der Waals surface area contributed by atoms with Gasteiger partial charge >= 0.3 is 0 Å². The number of piperazine rings is 1. The minimum Gasteiger partial charge on any atom is -0.492 e. The predicted octanol–water partition coefficient (Wildman–Crippen LogP) is 3.22. The molecule has 2 aliphatic heterocycles. The number of ether oxygens (including phenoxy) is 1. The van der Waals surface area contributed by atoms with Gasteiger partial charge in [0.1, 0.15) is 5.75 Å². The number of carbonyl (C=O) groups excluding carboxylic acids is 1. The Hall–Kier alpha value is -2.54. The van der Waals surface area contributed by atoms with E-state index in [-0.39, 0.29) is 5.91 Å². The Bertz CT molecular complexity index is 973. The Morgan fingerprint density at radius 2 is 1.82 bits per heavy atom. The molecule has 1 aliphatic carbocycles. The van der Waals surface area contributed by atoms with Crippen LogP contribution in [-0.4, -0.2) is 77.4 Å². The van der Waals surface area contributed by atoms with Crippen LogP contribution in [-0.2, 0) is 19.4 Å². The Morgan fingerprint density at radius 3 is 2.55 bits per heavy atom. The third-order valence-corrected chi connectivity index (χ3v) is 7.55. The molecule has 2 saturated heterocycles. The van der Waals surface area contributed by atoms with Gasteiger partial charge in [-0.3, -0.25) is 14.4 Å². The van der Waals surface area contributed by atoms with Crippen molar-refractivity contribution in [2.45, 2.75) is 58.5 Å². The van der Waals surface area contributed by atoms with Crippen molar-refractivity contribution >= 4 is 11.6 Å². The number of hydrogen-bond acceptors (Lipinski definition) is 5. The summed E-state index contributed by atoms with van der Waals surface area (Å²) in [6, 6.07) is 8.86. The van der Waals surface area contributed by atoms with Gasteiger partial charge in [0.25, 0.3) is 5.91 Å². The van der Waals surface area contributed by atoms with Crippen LogP contribution < -0.4 is 9.64 Å². The van der Waals surface area contributed by atoms with Gasteiger partial charge in [-0.25, -0.2) is 0 Å². The minimum absolute atomic E-state index is 0.147. The Kier molecular flexibility index (Phi) is 6.58. The molecule has 1 unspecified atom stereocenters. The topological polar surface area (TPSA) is 53.8 Å². The quantitative estimate of drug-likeness (QED) is 0.675. The zero-order valence-electron chi connectivity index (χ0n) is 20.1. The largest absolute Gasteiger partial charge is 0.492 e. The van der Waals surface area contributed by atoms with Gasteiger partial charge in [0.2, 0.25) is 0 Å². The lowest BCUT2D eigenvalue weighted by Crippen LogP contribution is -2.52. The van der Waals surface area contributed by atoms with Crippen molar-refractivity contribution < 1.29 is 9.53 Å². The third kappa shape index (κ3) is 4.35. The van der Waals surface area contributed by atoms with Crippen LogP contribution in [0, 0.1) is 0 Å². The van der Waals surface area contributed by atoms with E-state index in [0.29, 0.717) is 12.6 Å². The molecular formula is C26H37N5O2. The second-order valence-electron chi connectivity index (χ2n) is 9.41. The zero-order chi connectivity index (χ0) is 22.8. The van der Waals surface area contributed by atoms with E-state index in [1.54, 1.807) is 0 Å². The lowest BCUT2D eigenvalue weighted by Gasteiger charge is -2.42. The molecule has 0 N–H and O–H groups in total. The van der Waals surface area contributed by atoms with E-state index >= 15 is 0 Å². The number of amides is 1. The summed E-state index contributed by atoms with van der Waals surface area (Å²) < 4.78 is 7.94. The van der Waals surface area contributed by atoms with E-state index < -0.39 is 0 Å². The smallest absolute Gasteiger partial charge is 0.274 e. The zero-order valence-corrected chi connectivity index (χ0v) is 20.1. The first-order valence-corrected chi connectivity index (χ1v) is 12.8. The number of carbonyl (C=O) groups is 1. The molecule has 33 heavy (non-hydrogen) atoms. The first kappa shape index (κ1) is 22.3. The van der Waals surface area contributed by atoms with Gasteiger partial charge in [0.05, 0.1) is 12.3 Å². The Balaban J connectivity index is 1.28. The second kappa shape index (κ2) is 9.75. The van der Waals surface area contributed by atoms with E-state index in [2.05, 4.69) is 39.6 Å². The van der Waals surface area contributed by atoms with E-state index in [4.69, 9.17) is 9.84 Å². The van der Waals surface area contributed by atoms with Crippen molar-refractivity contribution in [1.82, 2.24) is 19.6 Å². The lowest BCUT2D eigenvalue weighted by atomic mass is 9.89. The number of aryl methyl sites for hydroxylation is 1. The fourth-order valence-corrected chi connectivity index (χ4v) is 5.81. The number of likely N-dealkylation sites (tertiary alicyclic amines) is 1. The van der Waals surface area contributed by atoms with Crippen LogP contribution in [0.25, 0.3) is 0 Å². The van der Waals surface area contributed by atoms with Gasteiger partial charge in [0.15, 0.2) is 5.69 Å². The Morgan fingerprint density at radius 1 is 1.06 bits per heavy atom. The van der Waals surface area contributed by atoms with Crippen molar-refractivity contribution in [3.63, 3.8) is 0 Å². The highest BCUT2D eigenvalue weighted by molar-refractivity contribution is 5.94. The van der Waals surface area contributed by atoms with Crippen molar-refractivity contribution in [2.24, 2.45) is 0 Å². The molecule has 7 nitrogen and oxygen atoms in total. The number of hydrogen-bond donors (Lipinski definition) is 0. The predicted molar refractivity (Wildman–Crippen MR) is 130 cm³/mol. The first-order valence-electron chi connectivity index (χ1n) is 12.8. The number of benzene rings is 1. The summed E-state index contributed by atoms with van der Waals surface area (Å²) in [6.45, 7) is 11.5. The Labute approximate surface area is 197 Å². The maximum Gasteiger partial charge on any atom is 0.274 e. The average molecular weight is 452 g/mol. The van der Waals surface area contributed by atoms with Crippen molar-refractivity contribution in [3.05, 3.63) is 41.2 Å². The normalized spacial score (nSPS) is 21.3. The monoisotopic (exact) mass is 451 g/mol. The highest BCUT2D eigenvalue weighted by Crippen LogP contribution is 2.32. The van der Waals surface area contributed by atoms with Crippen LogP contribution in [0.15, 0.2) is 24.3 Å². The molecule has 3 aliphatic rings. The van der Waals surface area contributed by atoms with Gasteiger partial charge in [-0.05, 0) is 58.1 Å². The highest BCUT2D eigenvalue weighted by atomic mass is 16.5. The SMILES string of the molecule is CCOc1ccccc1N1CCN(C2CCc3c(c(C(=O)N4CCCC4)nn3CC)C2)CC1. The summed E-state index contributed by atoms with van der Waals surface area (Å²) in [7, 11) is 0. The van der Waals surface area contributed by atoms with Gasteiger partial charge in [-0.2, -0.15) is 5.10 Å². The van der Waals surface area contributed by atoms with Gasteiger partial charge < -0.3 is 14.5 Å². The molecule has 0 spiro atoms. The van der Waals surface area contributed by atoms with Crippen LogP contribution >= 0.6 is 0 Å². The average Bonchev–Trinajstić information content (AvgIpc) is 3.52. The summed E-state index contributed by atoms with van der Waals surface area (Å²) >= 11 is 0. The number of rotatable bonds is 6. The molecule has 1 aromatic carbocycles. The fraction of sp³-hybridized carbons (Fsp3) is 0.615. The van der Waals surface area contributed by atoms with E-state index in [0.717, 1.165) is 89.4 Å². The molecule has 2 fully saturated rings. The van der Waals surface area contributed by atoms with Crippen molar-refractivity contribution in [1.29, 1.82) is 0 Å². The molecule has 2 aromatic rings. The number of nitrogens with zero attached hydrogens (tertiary/aromatic N) is 5. The second-order valence-corrected chi connectivity index (χ2v) is 9.41. The minimum atomic E-state index is 0.147. The number of para-hydroxylation sites is 2. The summed E-state index contributed by atoms with van der Waals surface area (Å²) in [5.74, 6) is 1.13. The van der Waals surface area contributed by atoms with Crippen LogP contribution in [0.3, 0.4) is 0 Å². The van der Waals surface area contributed by atoms with Gasteiger partial charge in [0, 0.05) is 63.1 Å². The number of fused-ring (bicyclic) bond motifs is 1.